The molecule has 0 bridgehead atoms. The monoisotopic (exact) mass is 434 g/mol. The first kappa shape index (κ1) is 20.3. The predicted octanol–water partition coefficient (Wildman–Crippen LogP) is 4.88. The Balaban J connectivity index is 1.55. The summed E-state index contributed by atoms with van der Waals surface area (Å²) in [6.45, 7) is 2.53. The molecule has 2 aliphatic rings. The molecule has 2 aliphatic heterocycles. The number of aliphatic imine (C=N–C) groups is 1. The van der Waals surface area contributed by atoms with E-state index in [1.54, 1.807) is 18.2 Å². The summed E-state index contributed by atoms with van der Waals surface area (Å²) in [5.74, 6) is 1.63. The molecule has 2 N–H and O–H groups in total. The Bertz CT molecular complexity index is 1160. The minimum absolute atomic E-state index is 0.108. The zero-order valence-corrected chi connectivity index (χ0v) is 17.5. The molecule has 6 nitrogen and oxygen atoms in total. The molecule has 2 heterocycles. The lowest BCUT2D eigenvalue weighted by Gasteiger charge is -2.31. The Kier molecular flexibility index (Phi) is 5.41. The fourth-order valence-electron chi connectivity index (χ4n) is 4.07. The number of hydrogen-bond donors (Lipinski definition) is 2. The molecule has 0 saturated heterocycles. The fraction of sp³-hybridized carbons (Fsp3) is 0.240. The Labute approximate surface area is 185 Å². The van der Waals surface area contributed by atoms with E-state index in [1.807, 2.05) is 37.3 Å². The predicted molar refractivity (Wildman–Crippen MR) is 118 cm³/mol. The second kappa shape index (κ2) is 8.51. The average molecular weight is 434 g/mol. The van der Waals surface area contributed by atoms with Gasteiger partial charge >= 0.3 is 0 Å². The van der Waals surface area contributed by atoms with Crippen molar-refractivity contribution in [2.75, 3.05) is 13.4 Å². The van der Waals surface area contributed by atoms with Crippen LogP contribution in [0.3, 0.4) is 0 Å². The van der Waals surface area contributed by atoms with E-state index in [-0.39, 0.29) is 24.4 Å². The SMILES string of the molecule is CCOc1cccc([C@@H]2CC(c3ccc4c(c3)OCO4)=N[C@H](c3ccc(F)cc3)N2)c1O. The van der Waals surface area contributed by atoms with Crippen LogP contribution in [0.2, 0.25) is 0 Å². The van der Waals surface area contributed by atoms with Crippen molar-refractivity contribution < 1.29 is 23.7 Å². The molecule has 0 fully saturated rings. The molecule has 3 aromatic rings. The quantitative estimate of drug-likeness (QED) is 0.599. The highest BCUT2D eigenvalue weighted by molar-refractivity contribution is 6.02. The first-order chi connectivity index (χ1) is 15.6. The summed E-state index contributed by atoms with van der Waals surface area (Å²) in [6, 6.07) is 17.3. The van der Waals surface area contributed by atoms with E-state index < -0.39 is 6.17 Å². The van der Waals surface area contributed by atoms with Gasteiger partial charge in [-0.15, -0.1) is 0 Å². The van der Waals surface area contributed by atoms with Gasteiger partial charge in [0.05, 0.1) is 6.61 Å². The first-order valence-corrected chi connectivity index (χ1v) is 10.5. The number of ether oxygens (including phenoxy) is 3. The van der Waals surface area contributed by atoms with Crippen LogP contribution in [0.15, 0.2) is 65.7 Å². The summed E-state index contributed by atoms with van der Waals surface area (Å²) >= 11 is 0. The van der Waals surface area contributed by atoms with Crippen LogP contribution in [0, 0.1) is 5.82 Å². The number of phenolic OH excluding ortho intramolecular Hbond substituents is 1. The molecule has 0 unspecified atom stereocenters. The highest BCUT2D eigenvalue weighted by Crippen LogP contribution is 2.40. The van der Waals surface area contributed by atoms with Crippen molar-refractivity contribution >= 4 is 5.71 Å². The molecule has 7 heteroatoms. The smallest absolute Gasteiger partial charge is 0.231 e. The van der Waals surface area contributed by atoms with Gasteiger partial charge in [0.25, 0.3) is 0 Å². The normalized spacial score (nSPS) is 19.5. The van der Waals surface area contributed by atoms with Crippen molar-refractivity contribution in [3.05, 3.63) is 83.2 Å². The lowest BCUT2D eigenvalue weighted by atomic mass is 9.93. The van der Waals surface area contributed by atoms with Gasteiger partial charge in [-0.1, -0.05) is 24.3 Å². The largest absolute Gasteiger partial charge is 0.504 e. The number of para-hydroxylation sites is 1. The summed E-state index contributed by atoms with van der Waals surface area (Å²) in [4.78, 5) is 4.92. The van der Waals surface area contributed by atoms with Gasteiger partial charge in [-0.25, -0.2) is 4.39 Å². The molecule has 5 rings (SSSR count). The van der Waals surface area contributed by atoms with Crippen molar-refractivity contribution in [3.8, 4) is 23.0 Å². The van der Waals surface area contributed by atoms with Crippen molar-refractivity contribution in [2.45, 2.75) is 25.6 Å². The second-order valence-corrected chi connectivity index (χ2v) is 7.65. The van der Waals surface area contributed by atoms with Crippen LogP contribution in [0.5, 0.6) is 23.0 Å². The third kappa shape index (κ3) is 3.87. The maximum absolute atomic E-state index is 13.5. The second-order valence-electron chi connectivity index (χ2n) is 7.65. The lowest BCUT2D eigenvalue weighted by molar-refractivity contribution is 0.174. The van der Waals surface area contributed by atoms with Gasteiger partial charge in [-0.2, -0.15) is 0 Å². The molecule has 0 amide bonds. The molecule has 0 aromatic heterocycles. The molecular weight excluding hydrogens is 411 g/mol. The molecule has 3 aromatic carbocycles. The van der Waals surface area contributed by atoms with Crippen LogP contribution in [-0.2, 0) is 0 Å². The molecule has 164 valence electrons. The topological polar surface area (TPSA) is 72.3 Å². The van der Waals surface area contributed by atoms with Crippen LogP contribution in [0.25, 0.3) is 0 Å². The zero-order chi connectivity index (χ0) is 22.1. The van der Waals surface area contributed by atoms with Crippen LogP contribution in [0.1, 0.15) is 42.2 Å². The van der Waals surface area contributed by atoms with Crippen molar-refractivity contribution in [3.63, 3.8) is 0 Å². The van der Waals surface area contributed by atoms with E-state index in [1.165, 1.54) is 12.1 Å². The maximum atomic E-state index is 13.5. The van der Waals surface area contributed by atoms with Gasteiger partial charge in [0.15, 0.2) is 23.0 Å². The molecule has 32 heavy (non-hydrogen) atoms. The molecule has 0 radical (unpaired) electrons. The van der Waals surface area contributed by atoms with Gasteiger partial charge in [0.2, 0.25) is 6.79 Å². The third-order valence-electron chi connectivity index (χ3n) is 5.64. The Morgan fingerprint density at radius 1 is 1.09 bits per heavy atom. The summed E-state index contributed by atoms with van der Waals surface area (Å²) in [7, 11) is 0. The number of phenols is 1. The number of benzene rings is 3. The van der Waals surface area contributed by atoms with E-state index in [0.717, 1.165) is 22.4 Å². The van der Waals surface area contributed by atoms with Crippen LogP contribution in [0.4, 0.5) is 4.39 Å². The van der Waals surface area contributed by atoms with Crippen molar-refractivity contribution in [1.29, 1.82) is 0 Å². The first-order valence-electron chi connectivity index (χ1n) is 10.5. The summed E-state index contributed by atoms with van der Waals surface area (Å²) in [6.07, 6.45) is 0.130. The van der Waals surface area contributed by atoms with Gasteiger partial charge in [0, 0.05) is 23.7 Å². The molecular formula is C25H23FN2O4. The van der Waals surface area contributed by atoms with Crippen LogP contribution in [-0.4, -0.2) is 24.2 Å². The van der Waals surface area contributed by atoms with E-state index in [4.69, 9.17) is 19.2 Å². The lowest BCUT2D eigenvalue weighted by Crippen LogP contribution is -2.33. The Hall–Kier alpha value is -3.58. The van der Waals surface area contributed by atoms with E-state index in [2.05, 4.69) is 5.32 Å². The number of hydrogen-bond acceptors (Lipinski definition) is 6. The maximum Gasteiger partial charge on any atom is 0.231 e. The van der Waals surface area contributed by atoms with Crippen molar-refractivity contribution in [1.82, 2.24) is 5.32 Å². The van der Waals surface area contributed by atoms with Gasteiger partial charge in [0.1, 0.15) is 12.0 Å². The fourth-order valence-corrected chi connectivity index (χ4v) is 4.07. The average Bonchev–Trinajstić information content (AvgIpc) is 3.29. The van der Waals surface area contributed by atoms with Crippen LogP contribution >= 0.6 is 0 Å². The molecule has 0 aliphatic carbocycles. The molecule has 0 spiro atoms. The van der Waals surface area contributed by atoms with E-state index in [0.29, 0.717) is 30.3 Å². The standard InChI is InChI=1S/C25H23FN2O4/c1-2-30-22-5-3-4-18(24(22)29)20-13-19(16-8-11-21-23(12-16)32-14-31-21)27-25(28-20)15-6-9-17(26)10-7-15/h3-12,20,25,28-29H,2,13-14H2,1H3/t20-,25-/m0/s1. The number of nitrogens with one attached hydrogen (secondary N) is 1. The van der Waals surface area contributed by atoms with E-state index in [9.17, 15) is 9.50 Å². The highest BCUT2D eigenvalue weighted by atomic mass is 19.1. The number of nitrogens with zero attached hydrogens (tertiary/aromatic N) is 1. The number of rotatable bonds is 5. The van der Waals surface area contributed by atoms with Gasteiger partial charge in [-0.3, -0.25) is 10.3 Å². The summed E-state index contributed by atoms with van der Waals surface area (Å²) in [5.41, 5.74) is 3.31. The highest BCUT2D eigenvalue weighted by Gasteiger charge is 2.29. The molecule has 0 saturated carbocycles. The van der Waals surface area contributed by atoms with Gasteiger partial charge < -0.3 is 19.3 Å². The minimum Gasteiger partial charge on any atom is -0.504 e. The van der Waals surface area contributed by atoms with Crippen molar-refractivity contribution in [2.24, 2.45) is 4.99 Å². The molecule has 2 atom stereocenters. The Morgan fingerprint density at radius 2 is 1.91 bits per heavy atom. The van der Waals surface area contributed by atoms with Gasteiger partial charge in [-0.05, 0) is 54.4 Å². The summed E-state index contributed by atoms with van der Waals surface area (Å²) in [5, 5.41) is 14.3. The Morgan fingerprint density at radius 3 is 2.72 bits per heavy atom. The van der Waals surface area contributed by atoms with E-state index >= 15 is 0 Å². The number of fused-ring (bicyclic) bond motifs is 1. The zero-order valence-electron chi connectivity index (χ0n) is 17.5. The third-order valence-corrected chi connectivity index (χ3v) is 5.64. The summed E-state index contributed by atoms with van der Waals surface area (Å²) < 4.78 is 30.0. The minimum atomic E-state index is -0.412. The van der Waals surface area contributed by atoms with Crippen LogP contribution < -0.4 is 19.5 Å². The number of aromatic hydroxyl groups is 1. The number of halogens is 1.